The number of allylic oxidation sites excluding steroid dienone is 1. The van der Waals surface area contributed by atoms with E-state index in [2.05, 4.69) is 95.1 Å². The first-order valence-corrected chi connectivity index (χ1v) is 9.59. The topological polar surface area (TPSA) is 9.86 Å². The molecule has 0 radical (unpaired) electrons. The van der Waals surface area contributed by atoms with E-state index >= 15 is 0 Å². The fourth-order valence-corrected chi connectivity index (χ4v) is 4.74. The average Bonchev–Trinajstić information content (AvgIpc) is 3.20. The second-order valence-electron chi connectivity index (χ2n) is 7.44. The molecule has 2 nitrogen and oxygen atoms in total. The van der Waals surface area contributed by atoms with Crippen molar-refractivity contribution in [2.75, 3.05) is 0 Å². The maximum absolute atomic E-state index is 2.43. The predicted octanol–water partition coefficient (Wildman–Crippen LogP) is 6.23. The van der Waals surface area contributed by atoms with Crippen LogP contribution in [0.5, 0.6) is 0 Å². The summed E-state index contributed by atoms with van der Waals surface area (Å²) < 4.78 is 4.75. The number of aromatic nitrogens is 2. The third-order valence-electron chi connectivity index (χ3n) is 6.00. The summed E-state index contributed by atoms with van der Waals surface area (Å²) in [5.41, 5.74) is 7.93. The fraction of sp³-hybridized carbons (Fsp3) is 0.120. The Morgan fingerprint density at radius 3 is 2.44 bits per heavy atom. The Hall–Kier alpha value is -3.26. The van der Waals surface area contributed by atoms with E-state index in [-0.39, 0.29) is 0 Å². The molecule has 0 fully saturated rings. The Kier molecular flexibility index (Phi) is 2.96. The Morgan fingerprint density at radius 1 is 0.741 bits per heavy atom. The molecule has 130 valence electrons. The third-order valence-corrected chi connectivity index (χ3v) is 6.00. The van der Waals surface area contributed by atoms with Crippen LogP contribution in [0, 0.1) is 0 Å². The van der Waals surface area contributed by atoms with Gasteiger partial charge in [-0.05, 0) is 54.8 Å². The van der Waals surface area contributed by atoms with Crippen LogP contribution in [0.25, 0.3) is 44.5 Å². The second kappa shape index (κ2) is 5.37. The Labute approximate surface area is 158 Å². The minimum atomic E-state index is 1.11. The molecule has 0 unspecified atom stereocenters. The van der Waals surface area contributed by atoms with Crippen molar-refractivity contribution in [3.8, 4) is 5.69 Å². The largest absolute Gasteiger partial charge is 0.344 e. The molecule has 0 atom stereocenters. The van der Waals surface area contributed by atoms with Gasteiger partial charge in [-0.1, -0.05) is 42.5 Å². The molecule has 3 aromatic carbocycles. The lowest BCUT2D eigenvalue weighted by Crippen LogP contribution is -1.99. The van der Waals surface area contributed by atoms with E-state index < -0.39 is 0 Å². The second-order valence-corrected chi connectivity index (χ2v) is 7.44. The van der Waals surface area contributed by atoms with Crippen LogP contribution in [0.2, 0.25) is 0 Å². The van der Waals surface area contributed by atoms with Crippen molar-refractivity contribution in [3.63, 3.8) is 0 Å². The number of benzene rings is 3. The molecule has 5 aromatic rings. The van der Waals surface area contributed by atoms with E-state index in [0.717, 1.165) is 12.8 Å². The van der Waals surface area contributed by atoms with Crippen LogP contribution >= 0.6 is 0 Å². The van der Waals surface area contributed by atoms with Crippen molar-refractivity contribution >= 4 is 38.8 Å². The van der Waals surface area contributed by atoms with E-state index in [9.17, 15) is 0 Å². The molecule has 2 heterocycles. The normalized spacial score (nSPS) is 13.7. The van der Waals surface area contributed by atoms with Crippen LogP contribution in [0.3, 0.4) is 0 Å². The quantitative estimate of drug-likeness (QED) is 0.339. The average molecular weight is 348 g/mol. The summed E-state index contributed by atoms with van der Waals surface area (Å²) in [6.45, 7) is 0. The summed E-state index contributed by atoms with van der Waals surface area (Å²) >= 11 is 0. The van der Waals surface area contributed by atoms with Gasteiger partial charge in [0.25, 0.3) is 0 Å². The highest BCUT2D eigenvalue weighted by Crippen LogP contribution is 2.38. The van der Waals surface area contributed by atoms with E-state index in [1.54, 1.807) is 0 Å². The molecular formula is C25H20N2. The first-order chi connectivity index (χ1) is 13.3. The van der Waals surface area contributed by atoms with Gasteiger partial charge in [0.1, 0.15) is 0 Å². The van der Waals surface area contributed by atoms with Gasteiger partial charge in [-0.3, -0.25) is 0 Å². The number of fused-ring (bicyclic) bond motifs is 6. The molecule has 2 heteroatoms. The monoisotopic (exact) mass is 348 g/mol. The van der Waals surface area contributed by atoms with Crippen LogP contribution in [0.4, 0.5) is 0 Å². The number of hydrogen-bond acceptors (Lipinski definition) is 0. The third kappa shape index (κ3) is 1.95. The highest BCUT2D eigenvalue weighted by molar-refractivity contribution is 6.13. The van der Waals surface area contributed by atoms with Crippen molar-refractivity contribution in [2.24, 2.45) is 7.05 Å². The van der Waals surface area contributed by atoms with Gasteiger partial charge in [-0.25, -0.2) is 0 Å². The Bertz CT molecular complexity index is 1360. The van der Waals surface area contributed by atoms with Crippen LogP contribution in [-0.2, 0) is 13.5 Å². The van der Waals surface area contributed by atoms with E-state index in [1.807, 2.05) is 0 Å². The van der Waals surface area contributed by atoms with Gasteiger partial charge in [0.05, 0.1) is 11.0 Å². The van der Waals surface area contributed by atoms with Gasteiger partial charge in [0, 0.05) is 40.1 Å². The van der Waals surface area contributed by atoms with Crippen molar-refractivity contribution in [2.45, 2.75) is 12.8 Å². The van der Waals surface area contributed by atoms with Gasteiger partial charge in [-0.15, -0.1) is 0 Å². The smallest absolute Gasteiger partial charge is 0.0558 e. The number of rotatable bonds is 1. The Balaban J connectivity index is 1.82. The minimum Gasteiger partial charge on any atom is -0.344 e. The zero-order chi connectivity index (χ0) is 18.0. The molecule has 1 aliphatic carbocycles. The molecule has 0 amide bonds. The standard InChI is InChI=1S/C25H20N2/c1-26-22-13-7-5-11-18(22)20-15-21-19-12-6-8-14-23(19)27(25(21)16-24(20)26)17-9-3-2-4-10-17/h2-5,7-11,13-16H,6,12H2,1H3. The zero-order valence-corrected chi connectivity index (χ0v) is 15.3. The van der Waals surface area contributed by atoms with E-state index in [4.69, 9.17) is 0 Å². The van der Waals surface area contributed by atoms with Crippen molar-refractivity contribution in [3.05, 3.63) is 84.1 Å². The molecule has 0 saturated heterocycles. The summed E-state index contributed by atoms with van der Waals surface area (Å²) in [7, 11) is 2.17. The molecule has 1 aliphatic rings. The molecule has 6 rings (SSSR count). The SMILES string of the molecule is Cn1c2ccccc2c2cc3c4c(n(-c5ccccc5)c3cc21)C=CCC4. The molecule has 0 saturated carbocycles. The van der Waals surface area contributed by atoms with Gasteiger partial charge < -0.3 is 9.13 Å². The summed E-state index contributed by atoms with van der Waals surface area (Å²) in [6, 6.07) is 24.2. The molecule has 0 aliphatic heterocycles. The summed E-state index contributed by atoms with van der Waals surface area (Å²) in [5, 5.41) is 4.08. The maximum atomic E-state index is 2.43. The van der Waals surface area contributed by atoms with Crippen LogP contribution < -0.4 is 0 Å². The predicted molar refractivity (Wildman–Crippen MR) is 115 cm³/mol. The number of para-hydroxylation sites is 2. The molecule has 0 spiro atoms. The summed E-state index contributed by atoms with van der Waals surface area (Å²) in [6.07, 6.45) is 6.83. The molecule has 27 heavy (non-hydrogen) atoms. The first kappa shape index (κ1) is 14.9. The summed E-state index contributed by atoms with van der Waals surface area (Å²) in [5.74, 6) is 0. The molecule has 0 bridgehead atoms. The molecule has 2 aromatic heterocycles. The highest BCUT2D eigenvalue weighted by Gasteiger charge is 2.20. The first-order valence-electron chi connectivity index (χ1n) is 9.59. The van der Waals surface area contributed by atoms with Crippen LogP contribution in [-0.4, -0.2) is 9.13 Å². The molecular weight excluding hydrogens is 328 g/mol. The lowest BCUT2D eigenvalue weighted by molar-refractivity contribution is 0.967. The van der Waals surface area contributed by atoms with Crippen LogP contribution in [0.15, 0.2) is 72.8 Å². The fourth-order valence-electron chi connectivity index (χ4n) is 4.74. The van der Waals surface area contributed by atoms with Crippen LogP contribution in [0.1, 0.15) is 17.7 Å². The van der Waals surface area contributed by atoms with Crippen molar-refractivity contribution < 1.29 is 0 Å². The van der Waals surface area contributed by atoms with Gasteiger partial charge in [-0.2, -0.15) is 0 Å². The number of hydrogen-bond donors (Lipinski definition) is 0. The Morgan fingerprint density at radius 2 is 1.56 bits per heavy atom. The summed E-state index contributed by atoms with van der Waals surface area (Å²) in [4.78, 5) is 0. The van der Waals surface area contributed by atoms with Crippen molar-refractivity contribution in [1.82, 2.24) is 9.13 Å². The highest BCUT2D eigenvalue weighted by atomic mass is 15.0. The minimum absolute atomic E-state index is 1.11. The lowest BCUT2D eigenvalue weighted by atomic mass is 10.00. The molecule has 0 N–H and O–H groups in total. The van der Waals surface area contributed by atoms with E-state index in [1.165, 1.54) is 49.7 Å². The lowest BCUT2D eigenvalue weighted by Gasteiger charge is -2.11. The van der Waals surface area contributed by atoms with Gasteiger partial charge in [0.15, 0.2) is 0 Å². The van der Waals surface area contributed by atoms with Gasteiger partial charge >= 0.3 is 0 Å². The maximum Gasteiger partial charge on any atom is 0.0558 e. The zero-order valence-electron chi connectivity index (χ0n) is 15.3. The van der Waals surface area contributed by atoms with Crippen molar-refractivity contribution in [1.29, 1.82) is 0 Å². The van der Waals surface area contributed by atoms with Gasteiger partial charge in [0.2, 0.25) is 0 Å². The number of aryl methyl sites for hydroxylation is 2. The van der Waals surface area contributed by atoms with E-state index in [0.29, 0.717) is 0 Å². The number of nitrogens with zero attached hydrogens (tertiary/aromatic N) is 2.